The van der Waals surface area contributed by atoms with E-state index in [9.17, 15) is 4.79 Å². The summed E-state index contributed by atoms with van der Waals surface area (Å²) in [5, 5.41) is 3.13. The van der Waals surface area contributed by atoms with Gasteiger partial charge >= 0.3 is 0 Å². The van der Waals surface area contributed by atoms with Crippen molar-refractivity contribution >= 4 is 18.3 Å². The van der Waals surface area contributed by atoms with Gasteiger partial charge in [-0.05, 0) is 13.0 Å². The molecule has 5 nitrogen and oxygen atoms in total. The molecular formula is C10H19ClN2O3. The minimum Gasteiger partial charge on any atom is -0.382 e. The quantitative estimate of drug-likeness (QED) is 0.744. The Kier molecular flexibility index (Phi) is 5.48. The predicted molar refractivity (Wildman–Crippen MR) is 61.9 cm³/mol. The summed E-state index contributed by atoms with van der Waals surface area (Å²) in [6.45, 7) is 3.50. The standard InChI is InChI=1S/C10H18N2O3.ClH/c1-14-7-8-6-12(4-5-15-8)10(13)9-2-3-11-9;/h8-9,11H,2-7H2,1H3;1H/t8?,9-;/m1./s1. The van der Waals surface area contributed by atoms with Crippen molar-refractivity contribution in [3.8, 4) is 0 Å². The van der Waals surface area contributed by atoms with Crippen LogP contribution in [0.25, 0.3) is 0 Å². The average molecular weight is 251 g/mol. The summed E-state index contributed by atoms with van der Waals surface area (Å²) in [6.07, 6.45) is 0.998. The molecule has 2 atom stereocenters. The fourth-order valence-electron chi connectivity index (χ4n) is 1.93. The lowest BCUT2D eigenvalue weighted by Crippen LogP contribution is -2.58. The van der Waals surface area contributed by atoms with E-state index in [0.717, 1.165) is 13.0 Å². The molecule has 2 rings (SSSR count). The molecule has 0 aliphatic carbocycles. The molecule has 0 saturated carbocycles. The van der Waals surface area contributed by atoms with E-state index in [-0.39, 0.29) is 30.5 Å². The normalized spacial score (nSPS) is 29.2. The molecular weight excluding hydrogens is 232 g/mol. The number of rotatable bonds is 3. The molecule has 2 aliphatic rings. The SMILES string of the molecule is COCC1CN(C(=O)[C@H]2CCN2)CCO1.Cl. The van der Waals surface area contributed by atoms with Crippen molar-refractivity contribution in [1.82, 2.24) is 10.2 Å². The highest BCUT2D eigenvalue weighted by Crippen LogP contribution is 2.11. The van der Waals surface area contributed by atoms with E-state index in [4.69, 9.17) is 9.47 Å². The van der Waals surface area contributed by atoms with Gasteiger partial charge in [0.25, 0.3) is 0 Å². The first-order valence-electron chi connectivity index (χ1n) is 5.44. The number of carbonyl (C=O) groups is 1. The molecule has 1 N–H and O–H groups in total. The highest BCUT2D eigenvalue weighted by Gasteiger charge is 2.32. The number of nitrogens with one attached hydrogen (secondary N) is 1. The molecule has 0 aromatic carbocycles. The molecule has 0 bridgehead atoms. The molecule has 0 aromatic rings. The molecule has 2 fully saturated rings. The van der Waals surface area contributed by atoms with Crippen molar-refractivity contribution in [2.75, 3.05) is 40.0 Å². The average Bonchev–Trinajstić information content (AvgIpc) is 2.16. The van der Waals surface area contributed by atoms with Gasteiger partial charge in [-0.3, -0.25) is 4.79 Å². The summed E-state index contributed by atoms with van der Waals surface area (Å²) in [5.74, 6) is 0.214. The van der Waals surface area contributed by atoms with E-state index in [0.29, 0.717) is 26.3 Å². The lowest BCUT2D eigenvalue weighted by Gasteiger charge is -2.37. The van der Waals surface area contributed by atoms with Gasteiger partial charge in [0.1, 0.15) is 0 Å². The number of methoxy groups -OCH3 is 1. The summed E-state index contributed by atoms with van der Waals surface area (Å²) < 4.78 is 10.5. The Morgan fingerprint density at radius 1 is 1.62 bits per heavy atom. The van der Waals surface area contributed by atoms with Gasteiger partial charge < -0.3 is 19.7 Å². The molecule has 1 unspecified atom stereocenters. The summed E-state index contributed by atoms with van der Waals surface area (Å²) in [6, 6.07) is 0.0475. The zero-order chi connectivity index (χ0) is 10.7. The van der Waals surface area contributed by atoms with Gasteiger partial charge in [0.15, 0.2) is 0 Å². The fourth-order valence-corrected chi connectivity index (χ4v) is 1.93. The number of amides is 1. The molecule has 16 heavy (non-hydrogen) atoms. The predicted octanol–water partition coefficient (Wildman–Crippen LogP) is -0.356. The van der Waals surface area contributed by atoms with E-state index in [1.807, 2.05) is 4.90 Å². The number of hydrogen-bond donors (Lipinski definition) is 1. The van der Waals surface area contributed by atoms with Crippen LogP contribution in [0.4, 0.5) is 0 Å². The lowest BCUT2D eigenvalue weighted by atomic mass is 10.1. The van der Waals surface area contributed by atoms with Crippen LogP contribution in [0.2, 0.25) is 0 Å². The third-order valence-corrected chi connectivity index (χ3v) is 2.92. The fraction of sp³-hybridized carbons (Fsp3) is 0.900. The minimum absolute atomic E-state index is 0. The van der Waals surface area contributed by atoms with E-state index in [1.165, 1.54) is 0 Å². The molecule has 0 aromatic heterocycles. The van der Waals surface area contributed by atoms with Crippen LogP contribution >= 0.6 is 12.4 Å². The molecule has 2 aliphatic heterocycles. The Bertz CT molecular complexity index is 234. The van der Waals surface area contributed by atoms with E-state index < -0.39 is 0 Å². The van der Waals surface area contributed by atoms with Crippen molar-refractivity contribution in [3.05, 3.63) is 0 Å². The highest BCUT2D eigenvalue weighted by molar-refractivity contribution is 5.85. The second kappa shape index (κ2) is 6.39. The van der Waals surface area contributed by atoms with Gasteiger partial charge in [-0.25, -0.2) is 0 Å². The van der Waals surface area contributed by atoms with Crippen molar-refractivity contribution in [2.45, 2.75) is 18.6 Å². The van der Waals surface area contributed by atoms with Crippen LogP contribution in [0.3, 0.4) is 0 Å². The molecule has 0 radical (unpaired) electrons. The maximum atomic E-state index is 11.9. The summed E-state index contributed by atoms with van der Waals surface area (Å²) in [5.41, 5.74) is 0. The van der Waals surface area contributed by atoms with E-state index >= 15 is 0 Å². The van der Waals surface area contributed by atoms with Gasteiger partial charge in [-0.1, -0.05) is 0 Å². The van der Waals surface area contributed by atoms with Gasteiger partial charge in [0.2, 0.25) is 5.91 Å². The molecule has 94 valence electrons. The third kappa shape index (κ3) is 3.07. The van der Waals surface area contributed by atoms with Crippen molar-refractivity contribution in [2.24, 2.45) is 0 Å². The Morgan fingerprint density at radius 3 is 2.94 bits per heavy atom. The number of morpholine rings is 1. The van der Waals surface area contributed by atoms with Crippen LogP contribution in [0, 0.1) is 0 Å². The van der Waals surface area contributed by atoms with Crippen LogP contribution in [-0.2, 0) is 14.3 Å². The molecule has 1 amide bonds. The van der Waals surface area contributed by atoms with Crippen LogP contribution in [0.1, 0.15) is 6.42 Å². The largest absolute Gasteiger partial charge is 0.382 e. The lowest BCUT2D eigenvalue weighted by molar-refractivity contribution is -0.144. The second-order valence-electron chi connectivity index (χ2n) is 4.03. The van der Waals surface area contributed by atoms with Crippen LogP contribution in [0.5, 0.6) is 0 Å². The summed E-state index contributed by atoms with van der Waals surface area (Å²) in [4.78, 5) is 13.8. The zero-order valence-electron chi connectivity index (χ0n) is 9.48. The van der Waals surface area contributed by atoms with E-state index in [2.05, 4.69) is 5.32 Å². The summed E-state index contributed by atoms with van der Waals surface area (Å²) >= 11 is 0. The first-order chi connectivity index (χ1) is 7.31. The number of hydrogen-bond acceptors (Lipinski definition) is 4. The molecule has 0 spiro atoms. The Hall–Kier alpha value is -0.360. The zero-order valence-corrected chi connectivity index (χ0v) is 10.3. The topological polar surface area (TPSA) is 50.8 Å². The first-order valence-corrected chi connectivity index (χ1v) is 5.44. The van der Waals surface area contributed by atoms with Crippen molar-refractivity contribution in [1.29, 1.82) is 0 Å². The van der Waals surface area contributed by atoms with Crippen LogP contribution < -0.4 is 5.32 Å². The number of ether oxygens (including phenoxy) is 2. The van der Waals surface area contributed by atoms with E-state index in [1.54, 1.807) is 7.11 Å². The van der Waals surface area contributed by atoms with Crippen LogP contribution in [0.15, 0.2) is 0 Å². The Morgan fingerprint density at radius 2 is 2.38 bits per heavy atom. The Labute approximate surface area is 102 Å². The number of carbonyl (C=O) groups excluding carboxylic acids is 1. The number of nitrogens with zero attached hydrogens (tertiary/aromatic N) is 1. The maximum absolute atomic E-state index is 11.9. The highest BCUT2D eigenvalue weighted by atomic mass is 35.5. The monoisotopic (exact) mass is 250 g/mol. The molecule has 6 heteroatoms. The van der Waals surface area contributed by atoms with Crippen molar-refractivity contribution < 1.29 is 14.3 Å². The Balaban J connectivity index is 0.00000128. The van der Waals surface area contributed by atoms with Gasteiger partial charge in [-0.15, -0.1) is 12.4 Å². The third-order valence-electron chi connectivity index (χ3n) is 2.92. The van der Waals surface area contributed by atoms with Crippen LogP contribution in [-0.4, -0.2) is 62.9 Å². The smallest absolute Gasteiger partial charge is 0.239 e. The van der Waals surface area contributed by atoms with Gasteiger partial charge in [-0.2, -0.15) is 0 Å². The maximum Gasteiger partial charge on any atom is 0.239 e. The second-order valence-corrected chi connectivity index (χ2v) is 4.03. The molecule has 2 saturated heterocycles. The van der Waals surface area contributed by atoms with Gasteiger partial charge in [0, 0.05) is 20.2 Å². The molecule has 2 heterocycles. The minimum atomic E-state index is 0. The van der Waals surface area contributed by atoms with Crippen molar-refractivity contribution in [3.63, 3.8) is 0 Å². The first kappa shape index (κ1) is 13.7. The summed E-state index contributed by atoms with van der Waals surface area (Å²) in [7, 11) is 1.65. The number of halogens is 1. The van der Waals surface area contributed by atoms with Gasteiger partial charge in [0.05, 0.1) is 25.4 Å².